The lowest BCUT2D eigenvalue weighted by atomic mass is 10.2. The summed E-state index contributed by atoms with van der Waals surface area (Å²) < 4.78 is 1.12. The molecule has 0 atom stereocenters. The van der Waals surface area contributed by atoms with Crippen LogP contribution in [0.25, 0.3) is 0 Å². The summed E-state index contributed by atoms with van der Waals surface area (Å²) in [6.07, 6.45) is 8.94. The lowest BCUT2D eigenvalue weighted by molar-refractivity contribution is 1.46. The molecule has 40 valence electrons. The van der Waals surface area contributed by atoms with Crippen molar-refractivity contribution >= 4 is 15.9 Å². The normalized spacial score (nSPS) is 16.8. The first-order valence-electron chi connectivity index (χ1n) is 2.43. The van der Waals surface area contributed by atoms with Crippen molar-refractivity contribution in [1.29, 1.82) is 0 Å². The Balaban J connectivity index is 2.89. The Kier molecular flexibility index (Phi) is 1.62. The third-order valence-corrected chi connectivity index (χ3v) is 1.40. The van der Waals surface area contributed by atoms with Gasteiger partial charge in [-0.15, -0.1) is 0 Å². The fraction of sp³-hybridized carbons (Fsp3) is 0.143. The van der Waals surface area contributed by atoms with E-state index in [1.807, 2.05) is 25.2 Å². The van der Waals surface area contributed by atoms with Crippen LogP contribution in [0.15, 0.2) is 28.3 Å². The van der Waals surface area contributed by atoms with E-state index < -0.39 is 0 Å². The van der Waals surface area contributed by atoms with Crippen LogP contribution in [0.4, 0.5) is 0 Å². The largest absolute Gasteiger partial charge is 0.128 e. The van der Waals surface area contributed by atoms with Crippen molar-refractivity contribution in [2.24, 2.45) is 0 Å². The molecule has 0 saturated heterocycles. The molecule has 1 aliphatic carbocycles. The Morgan fingerprint density at radius 1 is 1.62 bits per heavy atom. The highest BCUT2D eigenvalue weighted by Gasteiger charge is 2.00. The van der Waals surface area contributed by atoms with Crippen molar-refractivity contribution in [2.75, 3.05) is 0 Å². The van der Waals surface area contributed by atoms with E-state index in [2.05, 4.69) is 22.0 Å². The molecular weight excluding hydrogens is 164 g/mol. The van der Waals surface area contributed by atoms with Gasteiger partial charge in [-0.2, -0.15) is 0 Å². The molecule has 1 aliphatic rings. The summed E-state index contributed by atoms with van der Waals surface area (Å²) in [6, 6.07) is 0. The van der Waals surface area contributed by atoms with E-state index in [0.717, 1.165) is 4.48 Å². The van der Waals surface area contributed by atoms with Crippen molar-refractivity contribution in [2.45, 2.75) is 6.92 Å². The zero-order chi connectivity index (χ0) is 5.98. The van der Waals surface area contributed by atoms with Gasteiger partial charge in [0.05, 0.1) is 12.2 Å². The van der Waals surface area contributed by atoms with Crippen LogP contribution >= 0.6 is 15.9 Å². The highest BCUT2D eigenvalue weighted by Crippen LogP contribution is 2.14. The molecule has 0 aromatic rings. The highest BCUT2D eigenvalue weighted by atomic mass is 79.9. The van der Waals surface area contributed by atoms with E-state index in [1.54, 1.807) is 0 Å². The second-order valence-electron chi connectivity index (χ2n) is 1.69. The fourth-order valence-electron chi connectivity index (χ4n) is 0.549. The first-order valence-corrected chi connectivity index (χ1v) is 3.22. The molecule has 0 unspecified atom stereocenters. The predicted octanol–water partition coefficient (Wildman–Crippen LogP) is 2.58. The highest BCUT2D eigenvalue weighted by molar-refractivity contribution is 9.11. The molecule has 8 heavy (non-hydrogen) atoms. The number of allylic oxidation sites excluding steroid dienone is 6. The predicted molar refractivity (Wildman–Crippen MR) is 38.6 cm³/mol. The molecule has 0 aromatic heterocycles. The zero-order valence-corrected chi connectivity index (χ0v) is 6.20. The Morgan fingerprint density at radius 3 is 2.75 bits per heavy atom. The topological polar surface area (TPSA) is 0 Å². The van der Waals surface area contributed by atoms with Crippen molar-refractivity contribution < 1.29 is 0 Å². The molecular formula is C7H6Br+. The molecule has 0 radical (unpaired) electrons. The van der Waals surface area contributed by atoms with Gasteiger partial charge < -0.3 is 0 Å². The number of halogens is 1. The van der Waals surface area contributed by atoms with E-state index >= 15 is 0 Å². The lowest BCUT2D eigenvalue weighted by Gasteiger charge is -1.83. The minimum absolute atomic E-state index is 1.12. The molecule has 0 saturated carbocycles. The minimum Gasteiger partial charge on any atom is -0.0184 e. The van der Waals surface area contributed by atoms with E-state index in [1.165, 1.54) is 5.57 Å². The van der Waals surface area contributed by atoms with E-state index in [0.29, 0.717) is 0 Å². The molecule has 1 heteroatoms. The van der Waals surface area contributed by atoms with E-state index in [4.69, 9.17) is 0 Å². The first-order chi connectivity index (χ1) is 3.79. The number of rotatable bonds is 0. The SMILES string of the molecule is CC1=[C+]C=CC(Br)=C1. The number of hydrogen-bond acceptors (Lipinski definition) is 0. The third-order valence-electron chi connectivity index (χ3n) is 0.908. The first kappa shape index (κ1) is 5.74. The molecule has 0 amide bonds. The monoisotopic (exact) mass is 169 g/mol. The lowest BCUT2D eigenvalue weighted by Crippen LogP contribution is -1.74. The van der Waals surface area contributed by atoms with Crippen LogP contribution in [0.5, 0.6) is 0 Å². The Labute approximate surface area is 57.7 Å². The second-order valence-corrected chi connectivity index (χ2v) is 2.61. The molecule has 0 aromatic carbocycles. The fourth-order valence-corrected chi connectivity index (χ4v) is 1.02. The van der Waals surface area contributed by atoms with Gasteiger partial charge in [-0.05, 0) is 22.9 Å². The Hall–Kier alpha value is -0.390. The summed E-state index contributed by atoms with van der Waals surface area (Å²) in [5, 5.41) is 0. The summed E-state index contributed by atoms with van der Waals surface area (Å²) in [5.74, 6) is 0. The maximum Gasteiger partial charge on any atom is 0.128 e. The van der Waals surface area contributed by atoms with Crippen LogP contribution in [-0.2, 0) is 0 Å². The van der Waals surface area contributed by atoms with Crippen molar-refractivity contribution in [1.82, 2.24) is 0 Å². The van der Waals surface area contributed by atoms with E-state index in [9.17, 15) is 0 Å². The summed E-state index contributed by atoms with van der Waals surface area (Å²) in [5.41, 5.74) is 1.17. The third kappa shape index (κ3) is 1.29. The smallest absolute Gasteiger partial charge is 0.0184 e. The Morgan fingerprint density at radius 2 is 2.38 bits per heavy atom. The molecule has 0 N–H and O–H groups in total. The Bertz CT molecular complexity index is 170. The molecule has 0 spiro atoms. The minimum atomic E-state index is 1.12. The van der Waals surface area contributed by atoms with Crippen LogP contribution in [0.2, 0.25) is 0 Å². The molecule has 0 fully saturated rings. The van der Waals surface area contributed by atoms with E-state index in [-0.39, 0.29) is 0 Å². The van der Waals surface area contributed by atoms with Gasteiger partial charge in [-0.25, -0.2) is 0 Å². The van der Waals surface area contributed by atoms with Gasteiger partial charge >= 0.3 is 0 Å². The summed E-state index contributed by atoms with van der Waals surface area (Å²) in [7, 11) is 0. The van der Waals surface area contributed by atoms with Gasteiger partial charge in [-0.3, -0.25) is 0 Å². The molecule has 0 nitrogen and oxygen atoms in total. The molecule has 0 aliphatic heterocycles. The average molecular weight is 170 g/mol. The van der Waals surface area contributed by atoms with Crippen molar-refractivity contribution in [3.05, 3.63) is 34.4 Å². The van der Waals surface area contributed by atoms with Crippen molar-refractivity contribution in [3.8, 4) is 0 Å². The standard InChI is InChI=1S/C7H6Br/c1-6-3-2-4-7(8)5-6/h2,4-5H,1H3/q+1. The quantitative estimate of drug-likeness (QED) is 0.490. The maximum atomic E-state index is 3.34. The summed E-state index contributed by atoms with van der Waals surface area (Å²) in [6.45, 7) is 2.02. The van der Waals surface area contributed by atoms with Gasteiger partial charge in [0.15, 0.2) is 0 Å². The second kappa shape index (κ2) is 2.25. The van der Waals surface area contributed by atoms with Gasteiger partial charge in [-0.1, -0.05) is 0 Å². The summed E-state index contributed by atoms with van der Waals surface area (Å²) in [4.78, 5) is 0. The summed E-state index contributed by atoms with van der Waals surface area (Å²) >= 11 is 3.34. The van der Waals surface area contributed by atoms with Gasteiger partial charge in [0.25, 0.3) is 0 Å². The average Bonchev–Trinajstić information content (AvgIpc) is 1.64. The van der Waals surface area contributed by atoms with Crippen LogP contribution < -0.4 is 0 Å². The van der Waals surface area contributed by atoms with Crippen LogP contribution in [0.1, 0.15) is 6.92 Å². The van der Waals surface area contributed by atoms with Crippen molar-refractivity contribution in [3.63, 3.8) is 0 Å². The van der Waals surface area contributed by atoms with Crippen LogP contribution in [0.3, 0.4) is 0 Å². The number of hydrogen-bond donors (Lipinski definition) is 0. The maximum absolute atomic E-state index is 3.34. The van der Waals surface area contributed by atoms with Crippen LogP contribution in [0, 0.1) is 6.08 Å². The molecule has 1 rings (SSSR count). The molecule has 0 bridgehead atoms. The molecule has 0 heterocycles. The zero-order valence-electron chi connectivity index (χ0n) is 4.61. The van der Waals surface area contributed by atoms with Crippen LogP contribution in [-0.4, -0.2) is 0 Å². The van der Waals surface area contributed by atoms with Gasteiger partial charge in [0, 0.05) is 6.08 Å². The van der Waals surface area contributed by atoms with Gasteiger partial charge in [0.1, 0.15) is 16.1 Å². The van der Waals surface area contributed by atoms with Gasteiger partial charge in [0.2, 0.25) is 0 Å².